The number of nitrogens with zero attached hydrogens (tertiary/aromatic N) is 1. The Morgan fingerprint density at radius 2 is 2.05 bits per heavy atom. The maximum absolute atomic E-state index is 13.0. The van der Waals surface area contributed by atoms with E-state index in [-0.39, 0.29) is 11.4 Å². The summed E-state index contributed by atoms with van der Waals surface area (Å²) in [5.41, 5.74) is 1.05. The Balaban J connectivity index is 2.04. The average Bonchev–Trinajstić information content (AvgIpc) is 2.74. The Hall–Kier alpha value is -1.73. The number of halogens is 1. The van der Waals surface area contributed by atoms with Crippen molar-refractivity contribution in [3.8, 4) is 0 Å². The number of rotatable bonds is 5. The van der Waals surface area contributed by atoms with Gasteiger partial charge in [0, 0.05) is 19.0 Å². The van der Waals surface area contributed by atoms with Crippen molar-refractivity contribution in [1.82, 2.24) is 9.88 Å². The van der Waals surface area contributed by atoms with Gasteiger partial charge >= 0.3 is 0 Å². The third-order valence-electron chi connectivity index (χ3n) is 2.78. The van der Waals surface area contributed by atoms with Crippen molar-refractivity contribution < 1.29 is 17.3 Å². The van der Waals surface area contributed by atoms with Crippen LogP contribution in [0.2, 0.25) is 0 Å². The lowest BCUT2D eigenvalue weighted by atomic mass is 10.2. The molecule has 0 saturated heterocycles. The van der Waals surface area contributed by atoms with Gasteiger partial charge in [0.05, 0.1) is 10.6 Å². The summed E-state index contributed by atoms with van der Waals surface area (Å²) in [7, 11) is -3.65. The first-order valence-corrected chi connectivity index (χ1v) is 7.55. The van der Waals surface area contributed by atoms with Crippen LogP contribution in [0.3, 0.4) is 0 Å². The molecule has 20 heavy (non-hydrogen) atoms. The fraction of sp³-hybridized carbons (Fsp3) is 0.308. The van der Waals surface area contributed by atoms with Gasteiger partial charge in [-0.05, 0) is 37.6 Å². The first kappa shape index (κ1) is 14.7. The maximum atomic E-state index is 13.0. The smallest absolute Gasteiger partial charge is 0.240 e. The first-order valence-electron chi connectivity index (χ1n) is 6.06. The van der Waals surface area contributed by atoms with E-state index < -0.39 is 15.8 Å². The molecule has 0 amide bonds. The van der Waals surface area contributed by atoms with Gasteiger partial charge in [0.2, 0.25) is 10.0 Å². The molecule has 0 aliphatic rings. The summed E-state index contributed by atoms with van der Waals surface area (Å²) in [4.78, 5) is 0.0789. The Kier molecular flexibility index (Phi) is 4.20. The summed E-state index contributed by atoms with van der Waals surface area (Å²) in [5.74, 6) is 0.219. The summed E-state index contributed by atoms with van der Waals surface area (Å²) in [5, 5.41) is 3.78. The van der Waals surface area contributed by atoms with Crippen LogP contribution in [0.25, 0.3) is 0 Å². The highest BCUT2D eigenvalue weighted by molar-refractivity contribution is 7.89. The highest BCUT2D eigenvalue weighted by Crippen LogP contribution is 2.15. The number of hydrogen-bond donors (Lipinski definition) is 1. The second-order valence-corrected chi connectivity index (χ2v) is 6.22. The molecule has 1 heterocycles. The van der Waals surface area contributed by atoms with Gasteiger partial charge < -0.3 is 4.52 Å². The number of benzene rings is 1. The summed E-state index contributed by atoms with van der Waals surface area (Å²) in [6.45, 7) is 3.52. The molecular weight excluding hydrogens is 283 g/mol. The van der Waals surface area contributed by atoms with Crippen LogP contribution in [0.1, 0.15) is 17.0 Å². The van der Waals surface area contributed by atoms with E-state index in [1.807, 2.05) is 0 Å². The quantitative estimate of drug-likeness (QED) is 0.915. The minimum atomic E-state index is -3.65. The van der Waals surface area contributed by atoms with Crippen LogP contribution < -0.4 is 4.72 Å². The van der Waals surface area contributed by atoms with E-state index in [0.29, 0.717) is 23.4 Å². The van der Waals surface area contributed by atoms with Crippen molar-refractivity contribution in [2.45, 2.75) is 25.2 Å². The molecule has 1 N–H and O–H groups in total. The summed E-state index contributed by atoms with van der Waals surface area (Å²) < 4.78 is 44.5. The molecule has 1 aromatic carbocycles. The van der Waals surface area contributed by atoms with Crippen molar-refractivity contribution >= 4 is 10.0 Å². The molecule has 0 atom stereocenters. The van der Waals surface area contributed by atoms with Crippen molar-refractivity contribution in [2.75, 3.05) is 6.54 Å². The second-order valence-electron chi connectivity index (χ2n) is 4.49. The molecule has 0 saturated carbocycles. The molecule has 7 heteroatoms. The molecule has 0 fully saturated rings. The Morgan fingerprint density at radius 3 is 2.65 bits per heavy atom. The Labute approximate surface area is 116 Å². The van der Waals surface area contributed by atoms with E-state index in [1.54, 1.807) is 19.9 Å². The van der Waals surface area contributed by atoms with E-state index in [4.69, 9.17) is 4.52 Å². The molecule has 108 valence electrons. The molecule has 0 aliphatic heterocycles. The number of sulfonamides is 1. The zero-order valence-corrected chi connectivity index (χ0v) is 12.0. The molecule has 0 unspecified atom stereocenters. The summed E-state index contributed by atoms with van der Waals surface area (Å²) in [6, 6.07) is 5.32. The van der Waals surface area contributed by atoms with Crippen molar-refractivity contribution in [3.05, 3.63) is 47.1 Å². The van der Waals surface area contributed by atoms with Crippen LogP contribution in [0.5, 0.6) is 0 Å². The fourth-order valence-corrected chi connectivity index (χ4v) is 3.10. The third-order valence-corrected chi connectivity index (χ3v) is 4.40. The van der Waals surface area contributed by atoms with Crippen molar-refractivity contribution in [1.29, 1.82) is 0 Å². The molecule has 2 rings (SSSR count). The lowest BCUT2D eigenvalue weighted by Gasteiger charge is -2.08. The standard InChI is InChI=1S/C13H15FN2O3S/c1-9-7-11(14)3-4-13(9)20(17,18)15-6-5-12-8-10(2)19-16-12/h3-4,7-8,15H,5-6H2,1-2H3. The van der Waals surface area contributed by atoms with Gasteiger partial charge in [-0.1, -0.05) is 5.16 Å². The minimum absolute atomic E-state index is 0.0789. The number of nitrogens with one attached hydrogen (secondary N) is 1. The molecule has 0 bridgehead atoms. The van der Waals surface area contributed by atoms with Crippen LogP contribution >= 0.6 is 0 Å². The van der Waals surface area contributed by atoms with Gasteiger partial charge in [0.15, 0.2) is 0 Å². The van der Waals surface area contributed by atoms with Gasteiger partial charge in [-0.2, -0.15) is 0 Å². The molecular formula is C13H15FN2O3S. The third kappa shape index (κ3) is 3.43. The van der Waals surface area contributed by atoms with Gasteiger partial charge in [-0.3, -0.25) is 0 Å². The highest BCUT2D eigenvalue weighted by Gasteiger charge is 2.16. The van der Waals surface area contributed by atoms with E-state index >= 15 is 0 Å². The molecule has 0 aliphatic carbocycles. The molecule has 0 radical (unpaired) electrons. The maximum Gasteiger partial charge on any atom is 0.240 e. The normalized spacial score (nSPS) is 11.8. The van der Waals surface area contributed by atoms with Gasteiger partial charge in [-0.25, -0.2) is 17.5 Å². The topological polar surface area (TPSA) is 72.2 Å². The van der Waals surface area contributed by atoms with Crippen LogP contribution in [0.15, 0.2) is 33.7 Å². The van der Waals surface area contributed by atoms with Crippen LogP contribution in [-0.4, -0.2) is 20.1 Å². The Morgan fingerprint density at radius 1 is 1.30 bits per heavy atom. The van der Waals surface area contributed by atoms with Gasteiger partial charge in [-0.15, -0.1) is 0 Å². The predicted octanol–water partition coefficient (Wildman–Crippen LogP) is 1.95. The predicted molar refractivity (Wildman–Crippen MR) is 71.3 cm³/mol. The van der Waals surface area contributed by atoms with Crippen molar-refractivity contribution in [3.63, 3.8) is 0 Å². The summed E-state index contributed by atoms with van der Waals surface area (Å²) in [6.07, 6.45) is 0.427. The van der Waals surface area contributed by atoms with Gasteiger partial charge in [0.25, 0.3) is 0 Å². The van der Waals surface area contributed by atoms with E-state index in [2.05, 4.69) is 9.88 Å². The molecule has 2 aromatic rings. The monoisotopic (exact) mass is 298 g/mol. The van der Waals surface area contributed by atoms with Crippen LogP contribution in [-0.2, 0) is 16.4 Å². The van der Waals surface area contributed by atoms with E-state index in [0.717, 1.165) is 6.07 Å². The van der Waals surface area contributed by atoms with E-state index in [1.165, 1.54) is 12.1 Å². The first-order chi connectivity index (χ1) is 9.38. The second kappa shape index (κ2) is 5.72. The SMILES string of the molecule is Cc1cc(CCNS(=O)(=O)c2ccc(F)cc2C)no1. The largest absolute Gasteiger partial charge is 0.361 e. The van der Waals surface area contributed by atoms with Gasteiger partial charge in [0.1, 0.15) is 11.6 Å². The average molecular weight is 298 g/mol. The highest BCUT2D eigenvalue weighted by atomic mass is 32.2. The van der Waals surface area contributed by atoms with Crippen LogP contribution in [0.4, 0.5) is 4.39 Å². The molecule has 5 nitrogen and oxygen atoms in total. The lowest BCUT2D eigenvalue weighted by Crippen LogP contribution is -2.26. The molecule has 1 aromatic heterocycles. The molecule has 0 spiro atoms. The van der Waals surface area contributed by atoms with Crippen molar-refractivity contribution in [2.24, 2.45) is 0 Å². The number of aromatic nitrogens is 1. The fourth-order valence-electron chi connectivity index (χ4n) is 1.84. The van der Waals surface area contributed by atoms with E-state index in [9.17, 15) is 12.8 Å². The van der Waals surface area contributed by atoms with Crippen LogP contribution in [0, 0.1) is 19.7 Å². The lowest BCUT2D eigenvalue weighted by molar-refractivity contribution is 0.390. The number of hydrogen-bond acceptors (Lipinski definition) is 4. The zero-order chi connectivity index (χ0) is 14.8. The summed E-state index contributed by atoms with van der Waals surface area (Å²) >= 11 is 0. The minimum Gasteiger partial charge on any atom is -0.361 e. The number of aryl methyl sites for hydroxylation is 2. The Bertz CT molecular complexity index is 710. The zero-order valence-electron chi connectivity index (χ0n) is 11.2.